The molecule has 1 aromatic rings. The molecule has 84 valence electrons. The Morgan fingerprint density at radius 1 is 1.44 bits per heavy atom. The number of benzene rings is 1. The molecule has 0 saturated heterocycles. The fraction of sp³-hybridized carbons (Fsp3) is 0.0909. The second-order valence-electron chi connectivity index (χ2n) is 3.07. The van der Waals surface area contributed by atoms with E-state index >= 15 is 0 Å². The Bertz CT molecular complexity index is 455. The third kappa shape index (κ3) is 3.74. The maximum Gasteiger partial charge on any atom is 0.221 e. The molecular formula is C11H9ClNO3-. The molecule has 0 heterocycles. The number of nitrogens with one attached hydrogen (secondary N) is 1. The van der Waals surface area contributed by atoms with E-state index in [0.29, 0.717) is 16.3 Å². The quantitative estimate of drug-likeness (QED) is 0.801. The summed E-state index contributed by atoms with van der Waals surface area (Å²) >= 11 is 5.76. The molecule has 1 N–H and O–H groups in total. The van der Waals surface area contributed by atoms with Crippen molar-refractivity contribution >= 4 is 35.2 Å². The summed E-state index contributed by atoms with van der Waals surface area (Å²) < 4.78 is 0. The van der Waals surface area contributed by atoms with Crippen molar-refractivity contribution in [2.45, 2.75) is 6.92 Å². The normalized spacial score (nSPS) is 10.4. The van der Waals surface area contributed by atoms with E-state index in [0.717, 1.165) is 6.08 Å². The average molecular weight is 239 g/mol. The molecule has 16 heavy (non-hydrogen) atoms. The van der Waals surface area contributed by atoms with Gasteiger partial charge in [-0.25, -0.2) is 0 Å². The second-order valence-corrected chi connectivity index (χ2v) is 3.50. The van der Waals surface area contributed by atoms with Gasteiger partial charge in [0.05, 0.1) is 5.97 Å². The molecule has 0 unspecified atom stereocenters. The van der Waals surface area contributed by atoms with Crippen LogP contribution in [0, 0.1) is 0 Å². The van der Waals surface area contributed by atoms with E-state index in [2.05, 4.69) is 5.32 Å². The number of anilines is 1. The lowest BCUT2D eigenvalue weighted by Crippen LogP contribution is -2.18. The fourth-order valence-electron chi connectivity index (χ4n) is 1.13. The van der Waals surface area contributed by atoms with Crippen molar-refractivity contribution in [3.8, 4) is 0 Å². The van der Waals surface area contributed by atoms with E-state index in [-0.39, 0.29) is 5.91 Å². The molecule has 0 bridgehead atoms. The highest BCUT2D eigenvalue weighted by Gasteiger charge is 2.02. The van der Waals surface area contributed by atoms with E-state index in [1.54, 1.807) is 18.2 Å². The summed E-state index contributed by atoms with van der Waals surface area (Å²) in [6.45, 7) is 1.36. The first kappa shape index (κ1) is 12.3. The highest BCUT2D eigenvalue weighted by atomic mass is 35.5. The van der Waals surface area contributed by atoms with Crippen LogP contribution in [0.2, 0.25) is 5.02 Å². The molecule has 0 aliphatic carbocycles. The third-order valence-corrected chi connectivity index (χ3v) is 1.96. The van der Waals surface area contributed by atoms with Crippen molar-refractivity contribution in [1.82, 2.24) is 0 Å². The molecule has 4 nitrogen and oxygen atoms in total. The number of carboxylic acids is 1. The van der Waals surface area contributed by atoms with Gasteiger partial charge in [-0.15, -0.1) is 0 Å². The maximum absolute atomic E-state index is 10.9. The molecule has 0 aromatic heterocycles. The van der Waals surface area contributed by atoms with Crippen LogP contribution in [0.5, 0.6) is 0 Å². The van der Waals surface area contributed by atoms with Gasteiger partial charge in [0, 0.05) is 17.6 Å². The van der Waals surface area contributed by atoms with Gasteiger partial charge in [-0.2, -0.15) is 0 Å². The van der Waals surface area contributed by atoms with E-state index in [9.17, 15) is 14.7 Å². The topological polar surface area (TPSA) is 69.2 Å². The second kappa shape index (κ2) is 5.32. The number of rotatable bonds is 3. The van der Waals surface area contributed by atoms with Crippen LogP contribution >= 0.6 is 11.6 Å². The number of amides is 1. The zero-order valence-electron chi connectivity index (χ0n) is 8.49. The Morgan fingerprint density at radius 3 is 2.69 bits per heavy atom. The summed E-state index contributed by atoms with van der Waals surface area (Å²) in [4.78, 5) is 21.2. The standard InChI is InChI=1S/C11H10ClNO3/c1-7(14)13-10-4-3-9(12)6-8(10)2-5-11(15)16/h2-6H,1H3,(H,13,14)(H,15,16)/p-1/b5-2+. The lowest BCUT2D eigenvalue weighted by molar-refractivity contribution is -0.297. The summed E-state index contributed by atoms with van der Waals surface area (Å²) in [5.41, 5.74) is 1.00. The predicted octanol–water partition coefficient (Wildman–Crippen LogP) is 1.06. The van der Waals surface area contributed by atoms with E-state index in [4.69, 9.17) is 11.6 Å². The van der Waals surface area contributed by atoms with Gasteiger partial charge in [-0.1, -0.05) is 17.7 Å². The lowest BCUT2D eigenvalue weighted by Gasteiger charge is -2.07. The lowest BCUT2D eigenvalue weighted by atomic mass is 10.1. The highest BCUT2D eigenvalue weighted by Crippen LogP contribution is 2.21. The first-order chi connectivity index (χ1) is 7.49. The first-order valence-corrected chi connectivity index (χ1v) is 4.83. The van der Waals surface area contributed by atoms with Crippen LogP contribution in [0.3, 0.4) is 0 Å². The Kier molecular flexibility index (Phi) is 4.08. The minimum Gasteiger partial charge on any atom is -0.545 e. The molecule has 0 aliphatic heterocycles. The Balaban J connectivity index is 3.07. The molecule has 1 amide bonds. The van der Waals surface area contributed by atoms with Crippen molar-refractivity contribution in [3.63, 3.8) is 0 Å². The zero-order valence-corrected chi connectivity index (χ0v) is 9.25. The van der Waals surface area contributed by atoms with Crippen LogP contribution in [-0.2, 0) is 9.59 Å². The summed E-state index contributed by atoms with van der Waals surface area (Å²) in [6, 6.07) is 4.74. The van der Waals surface area contributed by atoms with Crippen LogP contribution in [0.4, 0.5) is 5.69 Å². The van der Waals surface area contributed by atoms with Gasteiger partial charge in [0.2, 0.25) is 5.91 Å². The van der Waals surface area contributed by atoms with Gasteiger partial charge in [0.25, 0.3) is 0 Å². The average Bonchev–Trinajstić information content (AvgIpc) is 2.17. The first-order valence-electron chi connectivity index (χ1n) is 4.45. The van der Waals surface area contributed by atoms with Gasteiger partial charge in [0.15, 0.2) is 0 Å². The van der Waals surface area contributed by atoms with E-state index in [1.807, 2.05) is 0 Å². The summed E-state index contributed by atoms with van der Waals surface area (Å²) in [5, 5.41) is 13.3. The number of carboxylic acid groups (broad SMARTS) is 1. The highest BCUT2D eigenvalue weighted by molar-refractivity contribution is 6.30. The fourth-order valence-corrected chi connectivity index (χ4v) is 1.31. The molecule has 1 aromatic carbocycles. The van der Waals surface area contributed by atoms with Crippen LogP contribution < -0.4 is 10.4 Å². The van der Waals surface area contributed by atoms with Crippen LogP contribution in [0.15, 0.2) is 24.3 Å². The number of carbonyl (C=O) groups is 2. The molecule has 0 spiro atoms. The SMILES string of the molecule is CC(=O)Nc1ccc(Cl)cc1/C=C/C(=O)[O-]. The summed E-state index contributed by atoms with van der Waals surface area (Å²) in [7, 11) is 0. The third-order valence-electron chi connectivity index (χ3n) is 1.72. The number of hydrogen-bond donors (Lipinski definition) is 1. The van der Waals surface area contributed by atoms with Crippen molar-refractivity contribution in [3.05, 3.63) is 34.9 Å². The number of hydrogen-bond acceptors (Lipinski definition) is 3. The van der Waals surface area contributed by atoms with Crippen molar-refractivity contribution in [2.24, 2.45) is 0 Å². The molecule has 0 fully saturated rings. The monoisotopic (exact) mass is 238 g/mol. The minimum absolute atomic E-state index is 0.245. The molecule has 0 aliphatic rings. The molecule has 0 saturated carbocycles. The predicted molar refractivity (Wildman–Crippen MR) is 59.8 cm³/mol. The number of aliphatic carboxylic acids is 1. The van der Waals surface area contributed by atoms with Crippen LogP contribution in [0.1, 0.15) is 12.5 Å². The number of halogens is 1. The van der Waals surface area contributed by atoms with Gasteiger partial charge >= 0.3 is 0 Å². The van der Waals surface area contributed by atoms with Crippen molar-refractivity contribution in [1.29, 1.82) is 0 Å². The van der Waals surface area contributed by atoms with Crippen LogP contribution in [-0.4, -0.2) is 11.9 Å². The van der Waals surface area contributed by atoms with Crippen LogP contribution in [0.25, 0.3) is 6.08 Å². The molecule has 5 heteroatoms. The maximum atomic E-state index is 10.9. The number of carbonyl (C=O) groups excluding carboxylic acids is 2. The molecule has 0 atom stereocenters. The Labute approximate surface area is 97.5 Å². The Morgan fingerprint density at radius 2 is 2.12 bits per heavy atom. The van der Waals surface area contributed by atoms with Gasteiger partial charge < -0.3 is 15.2 Å². The smallest absolute Gasteiger partial charge is 0.221 e. The van der Waals surface area contributed by atoms with Gasteiger partial charge in [-0.3, -0.25) is 4.79 Å². The minimum atomic E-state index is -1.31. The molecular weight excluding hydrogens is 230 g/mol. The van der Waals surface area contributed by atoms with E-state index in [1.165, 1.54) is 13.0 Å². The molecule has 0 radical (unpaired) electrons. The largest absolute Gasteiger partial charge is 0.545 e. The van der Waals surface area contributed by atoms with Gasteiger partial charge in [-0.05, 0) is 29.8 Å². The summed E-state index contributed by atoms with van der Waals surface area (Å²) in [6.07, 6.45) is 2.18. The summed E-state index contributed by atoms with van der Waals surface area (Å²) in [5.74, 6) is -1.56. The van der Waals surface area contributed by atoms with Crippen molar-refractivity contribution in [2.75, 3.05) is 5.32 Å². The molecule has 1 rings (SSSR count). The van der Waals surface area contributed by atoms with E-state index < -0.39 is 5.97 Å². The zero-order chi connectivity index (χ0) is 12.1. The van der Waals surface area contributed by atoms with Gasteiger partial charge in [0.1, 0.15) is 0 Å². The van der Waals surface area contributed by atoms with Crippen molar-refractivity contribution < 1.29 is 14.7 Å². The Hall–Kier alpha value is -1.81.